The number of hydrogen-bond donors (Lipinski definition) is 1. The van der Waals surface area contributed by atoms with Gasteiger partial charge in [0.05, 0.1) is 19.3 Å². The van der Waals surface area contributed by atoms with Crippen LogP contribution < -0.4 is 10.5 Å². The minimum atomic E-state index is -0.212. The molecular formula is C17H23N3O. The molecule has 1 unspecified atom stereocenters. The van der Waals surface area contributed by atoms with Gasteiger partial charge in [-0.05, 0) is 49.8 Å². The van der Waals surface area contributed by atoms with Gasteiger partial charge >= 0.3 is 0 Å². The predicted octanol–water partition coefficient (Wildman–Crippen LogP) is 3.01. The number of ether oxygens (including phenoxy) is 1. The topological polar surface area (TPSA) is 53.1 Å². The van der Waals surface area contributed by atoms with Gasteiger partial charge in [-0.1, -0.05) is 18.2 Å². The fourth-order valence-corrected chi connectivity index (χ4v) is 3.16. The number of nitrogens with two attached hydrogens (primary N) is 1. The Balaban J connectivity index is 2.02. The van der Waals surface area contributed by atoms with Crippen molar-refractivity contribution < 1.29 is 4.74 Å². The zero-order valence-corrected chi connectivity index (χ0v) is 13.0. The molecule has 0 aliphatic heterocycles. The lowest BCUT2D eigenvalue weighted by Crippen LogP contribution is -2.19. The summed E-state index contributed by atoms with van der Waals surface area (Å²) in [5, 5.41) is 4.42. The molecule has 1 aromatic heterocycles. The highest BCUT2D eigenvalue weighted by molar-refractivity contribution is 5.41. The molecule has 21 heavy (non-hydrogen) atoms. The van der Waals surface area contributed by atoms with Crippen LogP contribution in [0.3, 0.4) is 0 Å². The Bertz CT molecular complexity index is 645. The molecule has 0 saturated carbocycles. The van der Waals surface area contributed by atoms with Gasteiger partial charge in [-0.2, -0.15) is 5.10 Å². The minimum Gasteiger partial charge on any atom is -0.493 e. The number of methoxy groups -OCH3 is 1. The Morgan fingerprint density at radius 2 is 2.00 bits per heavy atom. The largest absolute Gasteiger partial charge is 0.493 e. The van der Waals surface area contributed by atoms with Gasteiger partial charge in [-0.3, -0.25) is 4.68 Å². The second-order valence-electron chi connectivity index (χ2n) is 6.00. The normalized spacial score (nSPS) is 15.3. The molecule has 0 radical (unpaired) electrons. The standard InChI is InChI=1S/C17H23N3O/c1-11(2)20-17(15(21-3)10-19-20)16(18)14-8-7-12-5-4-6-13(12)9-14/h7-11,16H,4-6,18H2,1-3H3. The first-order chi connectivity index (χ1) is 10.1. The second-order valence-corrected chi connectivity index (χ2v) is 6.00. The molecule has 0 fully saturated rings. The smallest absolute Gasteiger partial charge is 0.161 e. The van der Waals surface area contributed by atoms with E-state index < -0.39 is 0 Å². The van der Waals surface area contributed by atoms with Crippen LogP contribution in [0.1, 0.15) is 54.7 Å². The van der Waals surface area contributed by atoms with Gasteiger partial charge < -0.3 is 10.5 Å². The van der Waals surface area contributed by atoms with Crippen molar-refractivity contribution in [3.63, 3.8) is 0 Å². The van der Waals surface area contributed by atoms with E-state index in [9.17, 15) is 0 Å². The van der Waals surface area contributed by atoms with Gasteiger partial charge in [0.1, 0.15) is 5.69 Å². The molecule has 0 saturated heterocycles. The molecule has 0 bridgehead atoms. The van der Waals surface area contributed by atoms with Gasteiger partial charge in [0.15, 0.2) is 5.75 Å². The number of rotatable bonds is 4. The maximum atomic E-state index is 6.53. The Morgan fingerprint density at radius 3 is 2.71 bits per heavy atom. The SMILES string of the molecule is COc1cnn(C(C)C)c1C(N)c1ccc2c(c1)CCC2. The van der Waals surface area contributed by atoms with Crippen molar-refractivity contribution in [2.75, 3.05) is 7.11 Å². The van der Waals surface area contributed by atoms with Crippen LogP contribution >= 0.6 is 0 Å². The van der Waals surface area contributed by atoms with Crippen molar-refractivity contribution >= 4 is 0 Å². The summed E-state index contributed by atoms with van der Waals surface area (Å²) in [5.41, 5.74) is 11.5. The van der Waals surface area contributed by atoms with E-state index >= 15 is 0 Å². The molecule has 4 heteroatoms. The molecule has 2 N–H and O–H groups in total. The van der Waals surface area contributed by atoms with Crippen LogP contribution in [-0.2, 0) is 12.8 Å². The maximum Gasteiger partial charge on any atom is 0.161 e. The van der Waals surface area contributed by atoms with Gasteiger partial charge in [0.2, 0.25) is 0 Å². The first kappa shape index (κ1) is 14.1. The van der Waals surface area contributed by atoms with Gasteiger partial charge in [-0.15, -0.1) is 0 Å². The number of aromatic nitrogens is 2. The molecule has 1 heterocycles. The second kappa shape index (κ2) is 5.53. The number of benzene rings is 1. The summed E-state index contributed by atoms with van der Waals surface area (Å²) in [4.78, 5) is 0. The Morgan fingerprint density at radius 1 is 1.24 bits per heavy atom. The van der Waals surface area contributed by atoms with Crippen molar-refractivity contribution in [1.82, 2.24) is 9.78 Å². The number of nitrogens with zero attached hydrogens (tertiary/aromatic N) is 2. The van der Waals surface area contributed by atoms with E-state index in [-0.39, 0.29) is 12.1 Å². The number of hydrogen-bond acceptors (Lipinski definition) is 3. The Kier molecular flexibility index (Phi) is 3.72. The van der Waals surface area contributed by atoms with E-state index in [1.807, 2.05) is 4.68 Å². The molecule has 4 nitrogen and oxygen atoms in total. The average molecular weight is 285 g/mol. The molecule has 0 spiro atoms. The van der Waals surface area contributed by atoms with Crippen LogP contribution in [-0.4, -0.2) is 16.9 Å². The van der Waals surface area contributed by atoms with Crippen molar-refractivity contribution in [2.45, 2.75) is 45.2 Å². The van der Waals surface area contributed by atoms with Crippen molar-refractivity contribution in [1.29, 1.82) is 0 Å². The highest BCUT2D eigenvalue weighted by atomic mass is 16.5. The third-order valence-electron chi connectivity index (χ3n) is 4.28. The number of aryl methyl sites for hydroxylation is 2. The van der Waals surface area contributed by atoms with Crippen LogP contribution in [0.5, 0.6) is 5.75 Å². The van der Waals surface area contributed by atoms with E-state index in [0.29, 0.717) is 0 Å². The van der Waals surface area contributed by atoms with Crippen LogP contribution in [0.15, 0.2) is 24.4 Å². The van der Waals surface area contributed by atoms with E-state index in [1.165, 1.54) is 24.0 Å². The van der Waals surface area contributed by atoms with Crippen LogP contribution in [0.4, 0.5) is 0 Å². The van der Waals surface area contributed by atoms with Crippen molar-refractivity contribution in [2.24, 2.45) is 5.73 Å². The Labute approximate surface area is 125 Å². The third kappa shape index (κ3) is 2.44. The summed E-state index contributed by atoms with van der Waals surface area (Å²) in [5.74, 6) is 0.761. The highest BCUT2D eigenvalue weighted by Gasteiger charge is 2.23. The molecule has 1 aliphatic rings. The summed E-state index contributed by atoms with van der Waals surface area (Å²) >= 11 is 0. The van der Waals surface area contributed by atoms with E-state index in [1.54, 1.807) is 13.3 Å². The maximum absolute atomic E-state index is 6.53. The van der Waals surface area contributed by atoms with Crippen molar-refractivity contribution in [3.05, 3.63) is 46.8 Å². The molecule has 1 atom stereocenters. The zero-order valence-electron chi connectivity index (χ0n) is 13.0. The molecule has 1 aromatic carbocycles. The summed E-state index contributed by atoms with van der Waals surface area (Å²) in [6.07, 6.45) is 5.36. The Hall–Kier alpha value is -1.81. The zero-order chi connectivity index (χ0) is 15.0. The highest BCUT2D eigenvalue weighted by Crippen LogP contribution is 2.32. The molecule has 1 aliphatic carbocycles. The lowest BCUT2D eigenvalue weighted by molar-refractivity contribution is 0.401. The molecule has 0 amide bonds. The molecule has 3 rings (SSSR count). The summed E-state index contributed by atoms with van der Waals surface area (Å²) in [6.45, 7) is 4.21. The lowest BCUT2D eigenvalue weighted by Gasteiger charge is -2.19. The fraction of sp³-hybridized carbons (Fsp3) is 0.471. The van der Waals surface area contributed by atoms with Crippen LogP contribution in [0.2, 0.25) is 0 Å². The summed E-state index contributed by atoms with van der Waals surface area (Å²) in [6, 6.07) is 6.66. The lowest BCUT2D eigenvalue weighted by atomic mass is 9.99. The predicted molar refractivity (Wildman–Crippen MR) is 83.7 cm³/mol. The first-order valence-corrected chi connectivity index (χ1v) is 7.60. The van der Waals surface area contributed by atoms with Gasteiger partial charge in [0, 0.05) is 6.04 Å². The van der Waals surface area contributed by atoms with Gasteiger partial charge in [0.25, 0.3) is 0 Å². The van der Waals surface area contributed by atoms with Crippen LogP contribution in [0, 0.1) is 0 Å². The monoisotopic (exact) mass is 285 g/mol. The fourth-order valence-electron chi connectivity index (χ4n) is 3.16. The van der Waals surface area contributed by atoms with E-state index in [2.05, 4.69) is 37.1 Å². The molecule has 112 valence electrons. The third-order valence-corrected chi connectivity index (χ3v) is 4.28. The van der Waals surface area contributed by atoms with E-state index in [4.69, 9.17) is 10.5 Å². The van der Waals surface area contributed by atoms with E-state index in [0.717, 1.165) is 23.4 Å². The number of fused-ring (bicyclic) bond motifs is 1. The summed E-state index contributed by atoms with van der Waals surface area (Å²) < 4.78 is 7.40. The minimum absolute atomic E-state index is 0.212. The first-order valence-electron chi connectivity index (χ1n) is 7.60. The molecule has 2 aromatic rings. The van der Waals surface area contributed by atoms with Gasteiger partial charge in [-0.25, -0.2) is 0 Å². The average Bonchev–Trinajstić information content (AvgIpc) is 3.11. The van der Waals surface area contributed by atoms with Crippen molar-refractivity contribution in [3.8, 4) is 5.75 Å². The summed E-state index contributed by atoms with van der Waals surface area (Å²) in [7, 11) is 1.67. The van der Waals surface area contributed by atoms with Crippen LogP contribution in [0.25, 0.3) is 0 Å². The molecular weight excluding hydrogens is 262 g/mol. The quantitative estimate of drug-likeness (QED) is 0.939.